The fourth-order valence-corrected chi connectivity index (χ4v) is 6.16. The molecule has 0 bridgehead atoms. The Morgan fingerprint density at radius 2 is 1.67 bits per heavy atom. The summed E-state index contributed by atoms with van der Waals surface area (Å²) in [6.45, 7) is 12.4. The van der Waals surface area contributed by atoms with Crippen LogP contribution in [0.5, 0.6) is 0 Å². The van der Waals surface area contributed by atoms with Crippen LogP contribution in [0.15, 0.2) is 66.0 Å². The molecule has 0 saturated carbocycles. The van der Waals surface area contributed by atoms with E-state index in [2.05, 4.69) is 59.0 Å². The Hall–Kier alpha value is -4.10. The standard InChI is InChI=1S/C36H38N2O4S/c1-35(2,3)24-15-13-22(14-16-24)33(40)38-30(39)21-42-34(41)31-27-11-7-8-12-29(27)37-32-23(19-26-10-9-17-43-26)18-25(20-28(31)32)36(4,5)6/h7-17,19,25H,18,20-21H2,1-6H3,(H,38,39,40)/b23-19-/t25-/m1/s1. The lowest BCUT2D eigenvalue weighted by molar-refractivity contribution is -0.123. The van der Waals surface area contributed by atoms with E-state index >= 15 is 0 Å². The van der Waals surface area contributed by atoms with Gasteiger partial charge >= 0.3 is 5.97 Å². The molecule has 0 unspecified atom stereocenters. The van der Waals surface area contributed by atoms with Gasteiger partial charge in [-0.1, -0.05) is 77.9 Å². The van der Waals surface area contributed by atoms with Crippen molar-refractivity contribution in [3.8, 4) is 0 Å². The van der Waals surface area contributed by atoms with Crippen LogP contribution in [-0.4, -0.2) is 29.4 Å². The molecule has 2 amide bonds. The third-order valence-electron chi connectivity index (χ3n) is 8.10. The number of ether oxygens (including phenoxy) is 1. The van der Waals surface area contributed by atoms with Crippen molar-refractivity contribution < 1.29 is 19.1 Å². The number of aromatic nitrogens is 1. The van der Waals surface area contributed by atoms with Gasteiger partial charge in [-0.3, -0.25) is 14.9 Å². The van der Waals surface area contributed by atoms with Gasteiger partial charge in [0.2, 0.25) is 0 Å². The molecule has 1 atom stereocenters. The molecule has 0 saturated heterocycles. The average molecular weight is 595 g/mol. The van der Waals surface area contributed by atoms with E-state index < -0.39 is 24.4 Å². The Labute approximate surface area is 257 Å². The number of carbonyl (C=O) groups is 3. The first-order valence-electron chi connectivity index (χ1n) is 14.6. The topological polar surface area (TPSA) is 85.4 Å². The van der Waals surface area contributed by atoms with E-state index in [0.717, 1.165) is 33.7 Å². The maximum atomic E-state index is 13.8. The minimum Gasteiger partial charge on any atom is -0.452 e. The van der Waals surface area contributed by atoms with E-state index in [1.165, 1.54) is 0 Å². The van der Waals surface area contributed by atoms with Crippen molar-refractivity contribution in [1.29, 1.82) is 0 Å². The number of esters is 1. The van der Waals surface area contributed by atoms with Gasteiger partial charge in [0.25, 0.3) is 11.8 Å². The number of benzene rings is 2. The van der Waals surface area contributed by atoms with E-state index in [4.69, 9.17) is 9.72 Å². The highest BCUT2D eigenvalue weighted by Crippen LogP contribution is 2.45. The molecule has 5 rings (SSSR count). The number of para-hydroxylation sites is 1. The molecule has 6 nitrogen and oxygen atoms in total. The largest absolute Gasteiger partial charge is 0.452 e. The number of imide groups is 1. The average Bonchev–Trinajstić information content (AvgIpc) is 3.47. The van der Waals surface area contributed by atoms with Crippen LogP contribution < -0.4 is 5.32 Å². The third-order valence-corrected chi connectivity index (χ3v) is 8.92. The Balaban J connectivity index is 1.42. The number of fused-ring (bicyclic) bond motifs is 2. The second kappa shape index (κ2) is 11.9. The lowest BCUT2D eigenvalue weighted by Crippen LogP contribution is -2.34. The zero-order valence-electron chi connectivity index (χ0n) is 25.6. The van der Waals surface area contributed by atoms with Gasteiger partial charge in [0.05, 0.1) is 16.8 Å². The molecule has 222 valence electrons. The molecule has 4 aromatic rings. The monoisotopic (exact) mass is 594 g/mol. The maximum Gasteiger partial charge on any atom is 0.339 e. The van der Waals surface area contributed by atoms with Crippen molar-refractivity contribution in [3.05, 3.63) is 98.9 Å². The summed E-state index contributed by atoms with van der Waals surface area (Å²) in [4.78, 5) is 45.4. The van der Waals surface area contributed by atoms with Crippen LogP contribution in [0.4, 0.5) is 0 Å². The molecule has 2 aromatic heterocycles. The summed E-state index contributed by atoms with van der Waals surface area (Å²) >= 11 is 1.66. The summed E-state index contributed by atoms with van der Waals surface area (Å²) in [5, 5.41) is 5.08. The van der Waals surface area contributed by atoms with Crippen LogP contribution in [0, 0.1) is 11.3 Å². The van der Waals surface area contributed by atoms with Crippen LogP contribution in [0.25, 0.3) is 22.6 Å². The fraction of sp³-hybridized carbons (Fsp3) is 0.333. The lowest BCUT2D eigenvalue weighted by Gasteiger charge is -2.36. The zero-order valence-corrected chi connectivity index (χ0v) is 26.4. The molecule has 43 heavy (non-hydrogen) atoms. The summed E-state index contributed by atoms with van der Waals surface area (Å²) in [5.41, 5.74) is 5.24. The van der Waals surface area contributed by atoms with Crippen molar-refractivity contribution in [2.24, 2.45) is 11.3 Å². The van der Waals surface area contributed by atoms with Gasteiger partial charge < -0.3 is 4.74 Å². The number of rotatable bonds is 5. The Kier molecular flexibility index (Phi) is 8.39. The number of nitrogens with one attached hydrogen (secondary N) is 1. The molecule has 1 N–H and O–H groups in total. The van der Waals surface area contributed by atoms with Gasteiger partial charge in [-0.05, 0) is 82.0 Å². The highest BCUT2D eigenvalue weighted by molar-refractivity contribution is 7.10. The quantitative estimate of drug-likeness (QED) is 0.238. The smallest absolute Gasteiger partial charge is 0.339 e. The molecule has 0 spiro atoms. The minimum atomic E-state index is -0.684. The van der Waals surface area contributed by atoms with Crippen LogP contribution in [0.1, 0.15) is 90.4 Å². The number of amides is 2. The second-order valence-corrected chi connectivity index (χ2v) is 14.2. The Morgan fingerprint density at radius 1 is 0.953 bits per heavy atom. The molecule has 0 aliphatic heterocycles. The van der Waals surface area contributed by atoms with Crippen LogP contribution in [-0.2, 0) is 21.4 Å². The van der Waals surface area contributed by atoms with Gasteiger partial charge in [0.1, 0.15) is 0 Å². The first-order chi connectivity index (χ1) is 20.3. The van der Waals surface area contributed by atoms with Crippen molar-refractivity contribution in [2.45, 2.75) is 59.8 Å². The van der Waals surface area contributed by atoms with Crippen molar-refractivity contribution in [2.75, 3.05) is 6.61 Å². The predicted molar refractivity (Wildman–Crippen MR) is 173 cm³/mol. The first-order valence-corrected chi connectivity index (χ1v) is 15.5. The first kappa shape index (κ1) is 30.4. The highest BCUT2D eigenvalue weighted by atomic mass is 32.1. The van der Waals surface area contributed by atoms with Gasteiger partial charge in [-0.2, -0.15) is 0 Å². The van der Waals surface area contributed by atoms with E-state index in [1.807, 2.05) is 47.8 Å². The van der Waals surface area contributed by atoms with E-state index in [0.29, 0.717) is 28.5 Å². The lowest BCUT2D eigenvalue weighted by atomic mass is 9.69. The molecule has 0 radical (unpaired) electrons. The van der Waals surface area contributed by atoms with Crippen LogP contribution in [0.3, 0.4) is 0 Å². The Bertz CT molecular complexity index is 1710. The number of carbonyl (C=O) groups excluding carboxylic acids is 3. The van der Waals surface area contributed by atoms with Gasteiger partial charge in [0, 0.05) is 15.8 Å². The number of thiophene rings is 1. The summed E-state index contributed by atoms with van der Waals surface area (Å²) in [7, 11) is 0. The second-order valence-electron chi connectivity index (χ2n) is 13.3. The summed E-state index contributed by atoms with van der Waals surface area (Å²) in [6.07, 6.45) is 3.68. The fourth-order valence-electron chi connectivity index (χ4n) is 5.47. The van der Waals surface area contributed by atoms with E-state index in [9.17, 15) is 14.4 Å². The molecule has 0 fully saturated rings. The summed E-state index contributed by atoms with van der Waals surface area (Å²) in [6, 6.07) is 18.8. The molecular weight excluding hydrogens is 556 g/mol. The van der Waals surface area contributed by atoms with Gasteiger partial charge in [-0.25, -0.2) is 9.78 Å². The molecule has 7 heteroatoms. The molecular formula is C36H38N2O4S. The number of hydrogen-bond donors (Lipinski definition) is 1. The number of allylic oxidation sites excluding steroid dienone is 1. The van der Waals surface area contributed by atoms with E-state index in [1.54, 1.807) is 23.5 Å². The van der Waals surface area contributed by atoms with Crippen molar-refractivity contribution in [1.82, 2.24) is 10.3 Å². The third kappa shape index (κ3) is 6.78. The van der Waals surface area contributed by atoms with Gasteiger partial charge in [-0.15, -0.1) is 11.3 Å². The zero-order chi connectivity index (χ0) is 30.9. The maximum absolute atomic E-state index is 13.8. The normalized spacial score (nSPS) is 16.1. The number of hydrogen-bond acceptors (Lipinski definition) is 6. The predicted octanol–water partition coefficient (Wildman–Crippen LogP) is 7.86. The molecule has 2 heterocycles. The minimum absolute atomic E-state index is 0.00954. The van der Waals surface area contributed by atoms with Crippen molar-refractivity contribution in [3.63, 3.8) is 0 Å². The summed E-state index contributed by atoms with van der Waals surface area (Å²) in [5.74, 6) is -1.55. The van der Waals surface area contributed by atoms with Crippen LogP contribution >= 0.6 is 11.3 Å². The van der Waals surface area contributed by atoms with Gasteiger partial charge in [0.15, 0.2) is 6.61 Å². The van der Waals surface area contributed by atoms with E-state index in [-0.39, 0.29) is 16.7 Å². The molecule has 1 aliphatic carbocycles. The van der Waals surface area contributed by atoms with Crippen LogP contribution in [0.2, 0.25) is 0 Å². The number of nitrogens with zero attached hydrogens (tertiary/aromatic N) is 1. The SMILES string of the molecule is CC(C)(C)c1ccc(C(=O)NC(=O)COC(=O)c2c3c(nc4ccccc24)/C(=C\c2cccs2)C[C@@H](C(C)(C)C)C3)cc1. The molecule has 2 aromatic carbocycles. The number of pyridine rings is 1. The highest BCUT2D eigenvalue weighted by Gasteiger charge is 2.35. The van der Waals surface area contributed by atoms with Crippen molar-refractivity contribution >= 4 is 51.7 Å². The molecule has 1 aliphatic rings. The Morgan fingerprint density at radius 3 is 2.33 bits per heavy atom. The summed E-state index contributed by atoms with van der Waals surface area (Å²) < 4.78 is 5.58.